The summed E-state index contributed by atoms with van der Waals surface area (Å²) in [5, 5.41) is 76.3. The summed E-state index contributed by atoms with van der Waals surface area (Å²) in [5.41, 5.74) is 0.152. The van der Waals surface area contributed by atoms with Gasteiger partial charge in [-0.1, -0.05) is 13.0 Å². The Morgan fingerprint density at radius 3 is 2.56 bits per heavy atom. The van der Waals surface area contributed by atoms with Crippen LogP contribution >= 0.6 is 0 Å². The molecule has 0 aliphatic carbocycles. The number of aromatic nitrogens is 2. The molecule has 8 N–H and O–H groups in total. The number of hydrogen-bond acceptors (Lipinski definition) is 12. The molecule has 0 fully saturated rings. The molecule has 0 bridgehead atoms. The third kappa shape index (κ3) is 6.49. The summed E-state index contributed by atoms with van der Waals surface area (Å²) in [6, 6.07) is 12.3. The Hall–Kier alpha value is -4.93. The van der Waals surface area contributed by atoms with Crippen molar-refractivity contribution in [3.8, 4) is 22.9 Å². The fourth-order valence-corrected chi connectivity index (χ4v) is 7.43. The number of benzene rings is 3. The maximum Gasteiger partial charge on any atom is 0.193 e. The van der Waals surface area contributed by atoms with Crippen molar-refractivity contribution in [2.45, 2.75) is 82.6 Å². The van der Waals surface area contributed by atoms with E-state index in [0.717, 1.165) is 16.6 Å². The fourth-order valence-electron chi connectivity index (χ4n) is 7.43. The molecule has 0 saturated carbocycles. The molecule has 0 spiro atoms. The van der Waals surface area contributed by atoms with Crippen molar-refractivity contribution < 1.29 is 54.7 Å². The van der Waals surface area contributed by atoms with Gasteiger partial charge in [-0.25, -0.2) is 9.78 Å². The number of aromatic amines is 1. The maximum atomic E-state index is 13.4. The number of nitrogens with zero attached hydrogens (tertiary/aromatic N) is 1. The van der Waals surface area contributed by atoms with Crippen molar-refractivity contribution >= 4 is 32.6 Å². The summed E-state index contributed by atoms with van der Waals surface area (Å²) in [5.74, 6) is 0.733. The zero-order chi connectivity index (χ0) is 38.7. The monoisotopic (exact) mass is 744 g/mol. The predicted molar refractivity (Wildman–Crippen MR) is 198 cm³/mol. The normalized spacial score (nSPS) is 18.4. The van der Waals surface area contributed by atoms with Crippen LogP contribution in [0.4, 0.5) is 0 Å². The lowest BCUT2D eigenvalue weighted by atomic mass is 9.84. The number of phenolic OH excluding ortho intramolecular Hbond substituents is 2. The highest BCUT2D eigenvalue weighted by molar-refractivity contribution is 5.93. The number of H-pyrrole nitrogens is 1. The van der Waals surface area contributed by atoms with Gasteiger partial charge in [0, 0.05) is 53.3 Å². The van der Waals surface area contributed by atoms with Gasteiger partial charge < -0.3 is 54.5 Å². The Kier molecular flexibility index (Phi) is 9.73. The van der Waals surface area contributed by atoms with Crippen molar-refractivity contribution in [3.05, 3.63) is 93.7 Å². The fraction of sp³-hybridized carbons (Fsp3) is 0.375. The Labute approximate surface area is 308 Å². The smallest absolute Gasteiger partial charge is 0.193 e. The van der Waals surface area contributed by atoms with E-state index in [4.69, 9.17) is 18.9 Å². The summed E-state index contributed by atoms with van der Waals surface area (Å²) in [6.07, 6.45) is -2.45. The third-order valence-electron chi connectivity index (χ3n) is 10.4. The van der Waals surface area contributed by atoms with Crippen molar-refractivity contribution in [2.24, 2.45) is 0 Å². The van der Waals surface area contributed by atoms with E-state index in [-0.39, 0.29) is 23.3 Å². The molecule has 0 saturated heterocycles. The van der Waals surface area contributed by atoms with E-state index in [1.54, 1.807) is 26.8 Å². The molecule has 0 radical (unpaired) electrons. The van der Waals surface area contributed by atoms with Gasteiger partial charge in [0.15, 0.2) is 16.8 Å². The molecule has 14 nitrogen and oxygen atoms in total. The average molecular weight is 745 g/mol. The van der Waals surface area contributed by atoms with E-state index in [1.165, 1.54) is 36.4 Å². The van der Waals surface area contributed by atoms with Crippen molar-refractivity contribution in [1.82, 2.24) is 9.55 Å². The Bertz CT molecular complexity index is 2410. The molecule has 286 valence electrons. The first-order valence-electron chi connectivity index (χ1n) is 17.7. The SMILES string of the molecule is CCc1c2cc[nH]c2cn1-c1c2c(cc3c(=O)cc(C)oc13)CC(OOCC(O)(Cc1ccc(O)c3ccc(O)cc13)C(O)C(O)C(O)CO)C(C)(C)O2. The van der Waals surface area contributed by atoms with Crippen LogP contribution in [0, 0.1) is 6.92 Å². The summed E-state index contributed by atoms with van der Waals surface area (Å²) >= 11 is 0. The molecule has 4 heterocycles. The van der Waals surface area contributed by atoms with Crippen molar-refractivity contribution in [3.63, 3.8) is 0 Å². The highest BCUT2D eigenvalue weighted by Crippen LogP contribution is 2.44. The molecule has 6 aromatic rings. The number of aromatic hydroxyl groups is 2. The lowest BCUT2D eigenvalue weighted by Gasteiger charge is -2.41. The molecular weight excluding hydrogens is 700 g/mol. The van der Waals surface area contributed by atoms with Gasteiger partial charge >= 0.3 is 0 Å². The van der Waals surface area contributed by atoms with Crippen LogP contribution in [0.3, 0.4) is 0 Å². The largest absolute Gasteiger partial charge is 0.508 e. The number of ether oxygens (including phenoxy) is 1. The number of aliphatic hydroxyl groups excluding tert-OH is 4. The van der Waals surface area contributed by atoms with Crippen LogP contribution in [0.1, 0.15) is 43.4 Å². The number of aliphatic hydroxyl groups is 5. The van der Waals surface area contributed by atoms with E-state index in [2.05, 4.69) is 4.98 Å². The lowest BCUT2D eigenvalue weighted by Crippen LogP contribution is -2.57. The van der Waals surface area contributed by atoms with Crippen LogP contribution in [0.2, 0.25) is 0 Å². The van der Waals surface area contributed by atoms with Gasteiger partial charge in [-0.2, -0.15) is 0 Å². The van der Waals surface area contributed by atoms with Gasteiger partial charge in [0.2, 0.25) is 0 Å². The van der Waals surface area contributed by atoms with Crippen LogP contribution < -0.4 is 10.2 Å². The molecule has 1 aliphatic rings. The van der Waals surface area contributed by atoms with E-state index in [0.29, 0.717) is 56.5 Å². The quantitative estimate of drug-likeness (QED) is 0.0666. The molecule has 5 atom stereocenters. The standard InChI is InChI=1S/C40H44N2O12/c1-5-29-25-10-11-41-28(25)17-42(29)34-36-22(13-27-31(46)12-20(2)52-37(27)34)14-33(39(3,4)53-36)54-51-19-40(50,38(49)35(48)32(47)18-43)16-21-6-9-30(45)24-8-7-23(44)15-26(21)24/h6-13,15,17,32-33,35,38,41,43-45,47-50H,5,14,16,18-19H2,1-4H3. The second-order valence-electron chi connectivity index (χ2n) is 14.6. The summed E-state index contributed by atoms with van der Waals surface area (Å²) in [4.78, 5) is 28.3. The van der Waals surface area contributed by atoms with Crippen LogP contribution in [0.5, 0.6) is 17.2 Å². The molecule has 0 amide bonds. The molecule has 14 heteroatoms. The highest BCUT2D eigenvalue weighted by Gasteiger charge is 2.46. The number of phenols is 2. The minimum absolute atomic E-state index is 0.0860. The second-order valence-corrected chi connectivity index (χ2v) is 14.6. The van der Waals surface area contributed by atoms with Gasteiger partial charge in [0.05, 0.1) is 17.5 Å². The summed E-state index contributed by atoms with van der Waals surface area (Å²) in [7, 11) is 0. The van der Waals surface area contributed by atoms with Crippen LogP contribution in [-0.2, 0) is 29.0 Å². The third-order valence-corrected chi connectivity index (χ3v) is 10.4. The van der Waals surface area contributed by atoms with Gasteiger partial charge in [-0.15, -0.1) is 0 Å². The number of aryl methyl sites for hydroxylation is 2. The Balaban J connectivity index is 1.23. The van der Waals surface area contributed by atoms with E-state index in [9.17, 15) is 40.5 Å². The maximum absolute atomic E-state index is 13.4. The molecule has 5 unspecified atom stereocenters. The summed E-state index contributed by atoms with van der Waals surface area (Å²) < 4.78 is 14.9. The van der Waals surface area contributed by atoms with Gasteiger partial charge in [0.25, 0.3) is 0 Å². The topological polar surface area (TPSA) is 220 Å². The molecular formula is C40H44N2O12. The molecule has 7 rings (SSSR count). The lowest BCUT2D eigenvalue weighted by molar-refractivity contribution is -0.369. The number of fused-ring (bicyclic) bond motifs is 4. The van der Waals surface area contributed by atoms with E-state index >= 15 is 0 Å². The molecule has 3 aromatic heterocycles. The first-order valence-corrected chi connectivity index (χ1v) is 17.7. The van der Waals surface area contributed by atoms with Crippen molar-refractivity contribution in [1.29, 1.82) is 0 Å². The molecule has 3 aromatic carbocycles. The Morgan fingerprint density at radius 1 is 1.04 bits per heavy atom. The molecule has 1 aliphatic heterocycles. The van der Waals surface area contributed by atoms with Crippen LogP contribution in [-0.4, -0.2) is 94.1 Å². The number of rotatable bonds is 12. The van der Waals surface area contributed by atoms with Crippen molar-refractivity contribution in [2.75, 3.05) is 13.2 Å². The first kappa shape index (κ1) is 37.4. The Morgan fingerprint density at radius 2 is 1.81 bits per heavy atom. The predicted octanol–water partition coefficient (Wildman–Crippen LogP) is 3.58. The zero-order valence-corrected chi connectivity index (χ0v) is 30.2. The zero-order valence-electron chi connectivity index (χ0n) is 30.2. The highest BCUT2D eigenvalue weighted by atomic mass is 17.2. The summed E-state index contributed by atoms with van der Waals surface area (Å²) in [6.45, 7) is 5.70. The van der Waals surface area contributed by atoms with Gasteiger partial charge in [-0.3, -0.25) is 4.79 Å². The second kappa shape index (κ2) is 14.0. The first-order chi connectivity index (χ1) is 25.7. The van der Waals surface area contributed by atoms with Crippen LogP contribution in [0.15, 0.2) is 70.1 Å². The van der Waals surface area contributed by atoms with Gasteiger partial charge in [0.1, 0.15) is 65.2 Å². The minimum Gasteiger partial charge on any atom is -0.508 e. The van der Waals surface area contributed by atoms with E-state index < -0.39 is 55.3 Å². The number of hydrogen-bond donors (Lipinski definition) is 8. The minimum atomic E-state index is -2.35. The van der Waals surface area contributed by atoms with Gasteiger partial charge in [-0.05, 0) is 74.5 Å². The average Bonchev–Trinajstić information content (AvgIpc) is 3.73. The van der Waals surface area contributed by atoms with E-state index in [1.807, 2.05) is 30.0 Å². The van der Waals surface area contributed by atoms with Crippen LogP contribution in [0.25, 0.3) is 38.3 Å². The molecule has 54 heavy (non-hydrogen) atoms. The number of nitrogens with one attached hydrogen (secondary N) is 1.